The van der Waals surface area contributed by atoms with Gasteiger partial charge in [0.15, 0.2) is 0 Å². The SMILES string of the molecule is Cc1cccc(CNC(c2ccccc2)c2ccc(F)cc2)c1. The molecule has 3 aromatic rings. The van der Waals surface area contributed by atoms with Gasteiger partial charge >= 0.3 is 0 Å². The second kappa shape index (κ2) is 7.21. The molecule has 0 amide bonds. The molecule has 0 fully saturated rings. The van der Waals surface area contributed by atoms with E-state index in [-0.39, 0.29) is 11.9 Å². The van der Waals surface area contributed by atoms with Crippen LogP contribution in [0.2, 0.25) is 0 Å². The minimum Gasteiger partial charge on any atom is -0.302 e. The molecule has 23 heavy (non-hydrogen) atoms. The summed E-state index contributed by atoms with van der Waals surface area (Å²) in [4.78, 5) is 0. The lowest BCUT2D eigenvalue weighted by atomic mass is 9.98. The summed E-state index contributed by atoms with van der Waals surface area (Å²) in [5, 5.41) is 3.59. The first-order valence-corrected chi connectivity index (χ1v) is 7.82. The maximum Gasteiger partial charge on any atom is 0.123 e. The van der Waals surface area contributed by atoms with Crippen molar-refractivity contribution in [2.45, 2.75) is 19.5 Å². The van der Waals surface area contributed by atoms with Crippen molar-refractivity contribution in [3.8, 4) is 0 Å². The summed E-state index contributed by atoms with van der Waals surface area (Å²) >= 11 is 0. The summed E-state index contributed by atoms with van der Waals surface area (Å²) in [6.45, 7) is 2.86. The first-order valence-electron chi connectivity index (χ1n) is 7.82. The molecule has 0 spiro atoms. The lowest BCUT2D eigenvalue weighted by Crippen LogP contribution is -2.22. The molecule has 1 atom stereocenters. The summed E-state index contributed by atoms with van der Waals surface area (Å²) in [6.07, 6.45) is 0. The van der Waals surface area contributed by atoms with Gasteiger partial charge in [-0.15, -0.1) is 0 Å². The average Bonchev–Trinajstić information content (AvgIpc) is 2.58. The quantitative estimate of drug-likeness (QED) is 0.698. The van der Waals surface area contributed by atoms with Gasteiger partial charge in [0.05, 0.1) is 6.04 Å². The minimum atomic E-state index is -0.209. The van der Waals surface area contributed by atoms with E-state index in [9.17, 15) is 4.39 Å². The third-order valence-corrected chi connectivity index (χ3v) is 3.93. The summed E-state index contributed by atoms with van der Waals surface area (Å²) in [7, 11) is 0. The van der Waals surface area contributed by atoms with E-state index >= 15 is 0 Å². The molecule has 0 saturated carbocycles. The van der Waals surface area contributed by atoms with Gasteiger partial charge in [0.1, 0.15) is 5.82 Å². The number of rotatable bonds is 5. The number of benzene rings is 3. The third-order valence-electron chi connectivity index (χ3n) is 3.93. The van der Waals surface area contributed by atoms with Crippen molar-refractivity contribution in [1.82, 2.24) is 5.32 Å². The molecule has 0 saturated heterocycles. The predicted molar refractivity (Wildman–Crippen MR) is 92.7 cm³/mol. The van der Waals surface area contributed by atoms with Crippen molar-refractivity contribution >= 4 is 0 Å². The van der Waals surface area contributed by atoms with Gasteiger partial charge in [-0.1, -0.05) is 72.3 Å². The Kier molecular flexibility index (Phi) is 4.84. The zero-order valence-electron chi connectivity index (χ0n) is 13.2. The van der Waals surface area contributed by atoms with E-state index < -0.39 is 0 Å². The Bertz CT molecular complexity index is 750. The Labute approximate surface area is 136 Å². The number of hydrogen-bond acceptors (Lipinski definition) is 1. The highest BCUT2D eigenvalue weighted by atomic mass is 19.1. The molecule has 0 aliphatic carbocycles. The standard InChI is InChI=1S/C21H20FN/c1-16-6-5-7-17(14-16)15-23-21(18-8-3-2-4-9-18)19-10-12-20(22)13-11-19/h2-14,21,23H,15H2,1H3. The first-order chi connectivity index (χ1) is 11.2. The molecular formula is C21H20FN. The molecule has 116 valence electrons. The van der Waals surface area contributed by atoms with Crippen molar-refractivity contribution in [2.75, 3.05) is 0 Å². The molecule has 1 N–H and O–H groups in total. The summed E-state index contributed by atoms with van der Waals surface area (Å²) in [6, 6.07) is 25.5. The number of hydrogen-bond donors (Lipinski definition) is 1. The first kappa shape index (κ1) is 15.4. The van der Waals surface area contributed by atoms with Crippen LogP contribution in [0.15, 0.2) is 78.9 Å². The van der Waals surface area contributed by atoms with Crippen LogP contribution in [-0.4, -0.2) is 0 Å². The average molecular weight is 305 g/mol. The van der Waals surface area contributed by atoms with E-state index in [1.54, 1.807) is 0 Å². The Morgan fingerprint density at radius 1 is 0.826 bits per heavy atom. The maximum absolute atomic E-state index is 13.2. The summed E-state index contributed by atoms with van der Waals surface area (Å²) in [5.74, 6) is -0.209. The molecule has 0 aromatic heterocycles. The molecule has 0 aliphatic rings. The van der Waals surface area contributed by atoms with Crippen LogP contribution >= 0.6 is 0 Å². The van der Waals surface area contributed by atoms with Crippen molar-refractivity contribution in [2.24, 2.45) is 0 Å². The van der Waals surface area contributed by atoms with Crippen LogP contribution in [0.1, 0.15) is 28.3 Å². The normalized spacial score (nSPS) is 12.1. The highest BCUT2D eigenvalue weighted by Gasteiger charge is 2.13. The maximum atomic E-state index is 13.2. The van der Waals surface area contributed by atoms with Crippen molar-refractivity contribution in [1.29, 1.82) is 0 Å². The largest absolute Gasteiger partial charge is 0.302 e. The fourth-order valence-electron chi connectivity index (χ4n) is 2.77. The van der Waals surface area contributed by atoms with Gasteiger partial charge in [0.25, 0.3) is 0 Å². The predicted octanol–water partition coefficient (Wildman–Crippen LogP) is 5.01. The lowest BCUT2D eigenvalue weighted by Gasteiger charge is -2.20. The van der Waals surface area contributed by atoms with Gasteiger partial charge in [-0.05, 0) is 35.7 Å². The van der Waals surface area contributed by atoms with E-state index in [1.165, 1.54) is 28.8 Å². The Morgan fingerprint density at radius 2 is 1.52 bits per heavy atom. The number of halogens is 1. The monoisotopic (exact) mass is 305 g/mol. The summed E-state index contributed by atoms with van der Waals surface area (Å²) in [5.41, 5.74) is 4.73. The van der Waals surface area contributed by atoms with E-state index in [4.69, 9.17) is 0 Å². The van der Waals surface area contributed by atoms with Crippen LogP contribution < -0.4 is 5.32 Å². The molecule has 2 heteroatoms. The molecule has 0 radical (unpaired) electrons. The Morgan fingerprint density at radius 3 is 2.22 bits per heavy atom. The van der Waals surface area contributed by atoms with Gasteiger partial charge < -0.3 is 5.32 Å². The van der Waals surface area contributed by atoms with Gasteiger partial charge in [-0.25, -0.2) is 4.39 Å². The van der Waals surface area contributed by atoms with Crippen LogP contribution in [0, 0.1) is 12.7 Å². The van der Waals surface area contributed by atoms with Gasteiger partial charge in [0, 0.05) is 6.54 Å². The van der Waals surface area contributed by atoms with Crippen LogP contribution in [0.5, 0.6) is 0 Å². The molecule has 1 unspecified atom stereocenters. The molecule has 3 rings (SSSR count). The Hall–Kier alpha value is -2.45. The van der Waals surface area contributed by atoms with Crippen LogP contribution in [0.25, 0.3) is 0 Å². The highest BCUT2D eigenvalue weighted by molar-refractivity contribution is 5.32. The molecular weight excluding hydrogens is 285 g/mol. The molecule has 0 heterocycles. The molecule has 0 bridgehead atoms. The van der Waals surface area contributed by atoms with E-state index in [0.717, 1.165) is 12.1 Å². The van der Waals surface area contributed by atoms with Crippen molar-refractivity contribution in [3.05, 3.63) is 107 Å². The molecule has 0 aliphatic heterocycles. The van der Waals surface area contributed by atoms with Gasteiger partial charge in [0.2, 0.25) is 0 Å². The summed E-state index contributed by atoms with van der Waals surface area (Å²) < 4.78 is 13.2. The highest BCUT2D eigenvalue weighted by Crippen LogP contribution is 2.23. The van der Waals surface area contributed by atoms with E-state index in [0.29, 0.717) is 0 Å². The fraction of sp³-hybridized carbons (Fsp3) is 0.143. The van der Waals surface area contributed by atoms with Crippen LogP contribution in [-0.2, 0) is 6.54 Å². The lowest BCUT2D eigenvalue weighted by molar-refractivity contribution is 0.598. The second-order valence-corrected chi connectivity index (χ2v) is 5.77. The topological polar surface area (TPSA) is 12.0 Å². The fourth-order valence-corrected chi connectivity index (χ4v) is 2.77. The zero-order valence-corrected chi connectivity index (χ0v) is 13.2. The van der Waals surface area contributed by atoms with Crippen molar-refractivity contribution in [3.63, 3.8) is 0 Å². The van der Waals surface area contributed by atoms with Crippen LogP contribution in [0.4, 0.5) is 4.39 Å². The van der Waals surface area contributed by atoms with E-state index in [1.807, 2.05) is 30.3 Å². The molecule has 1 nitrogen and oxygen atoms in total. The second-order valence-electron chi connectivity index (χ2n) is 5.77. The van der Waals surface area contributed by atoms with Gasteiger partial charge in [-0.3, -0.25) is 0 Å². The van der Waals surface area contributed by atoms with Gasteiger partial charge in [-0.2, -0.15) is 0 Å². The smallest absolute Gasteiger partial charge is 0.123 e. The zero-order chi connectivity index (χ0) is 16.1. The third kappa shape index (κ3) is 4.05. The van der Waals surface area contributed by atoms with E-state index in [2.05, 4.69) is 48.6 Å². The minimum absolute atomic E-state index is 0.0392. The number of nitrogens with one attached hydrogen (secondary N) is 1. The number of aryl methyl sites for hydroxylation is 1. The van der Waals surface area contributed by atoms with Crippen molar-refractivity contribution < 1.29 is 4.39 Å². The molecule has 3 aromatic carbocycles. The Balaban J connectivity index is 1.85. The van der Waals surface area contributed by atoms with Crippen LogP contribution in [0.3, 0.4) is 0 Å².